The lowest BCUT2D eigenvalue weighted by molar-refractivity contribution is 0.127. The van der Waals surface area contributed by atoms with Crippen LogP contribution in [-0.4, -0.2) is 29.0 Å². The molecule has 0 aromatic carbocycles. The molecule has 5 nitrogen and oxygen atoms in total. The zero-order valence-corrected chi connectivity index (χ0v) is 14.4. The van der Waals surface area contributed by atoms with Crippen molar-refractivity contribution in [3.8, 4) is 0 Å². The van der Waals surface area contributed by atoms with Crippen molar-refractivity contribution in [2.75, 3.05) is 18.5 Å². The van der Waals surface area contributed by atoms with Gasteiger partial charge in [-0.15, -0.1) is 0 Å². The first-order valence-electron chi connectivity index (χ1n) is 7.00. The van der Waals surface area contributed by atoms with Gasteiger partial charge in [-0.25, -0.2) is 4.68 Å². The van der Waals surface area contributed by atoms with Crippen LogP contribution >= 0.6 is 15.9 Å². The second kappa shape index (κ2) is 7.78. The van der Waals surface area contributed by atoms with Crippen LogP contribution in [0, 0.1) is 5.92 Å². The van der Waals surface area contributed by atoms with Crippen molar-refractivity contribution in [3.63, 3.8) is 0 Å². The number of hydrogen-bond donors (Lipinski definition) is 1. The van der Waals surface area contributed by atoms with E-state index in [1.54, 1.807) is 6.20 Å². The molecule has 0 saturated carbocycles. The van der Waals surface area contributed by atoms with Crippen molar-refractivity contribution in [1.82, 2.24) is 9.78 Å². The van der Waals surface area contributed by atoms with Gasteiger partial charge in [-0.1, -0.05) is 13.8 Å². The fourth-order valence-corrected chi connectivity index (χ4v) is 2.16. The fourth-order valence-electron chi connectivity index (χ4n) is 1.76. The Kier molecular flexibility index (Phi) is 6.68. The zero-order valence-electron chi connectivity index (χ0n) is 12.8. The number of anilines is 1. The Hall–Kier alpha value is -0.880. The van der Waals surface area contributed by atoms with Crippen molar-refractivity contribution in [2.45, 2.75) is 46.7 Å². The summed E-state index contributed by atoms with van der Waals surface area (Å²) in [5.41, 5.74) is 0.592. The maximum absolute atomic E-state index is 12.2. The van der Waals surface area contributed by atoms with Gasteiger partial charge in [-0.05, 0) is 42.6 Å². The van der Waals surface area contributed by atoms with Crippen LogP contribution in [0.4, 0.5) is 5.69 Å². The largest absolute Gasteiger partial charge is 0.380 e. The van der Waals surface area contributed by atoms with E-state index in [0.29, 0.717) is 29.3 Å². The van der Waals surface area contributed by atoms with E-state index < -0.39 is 0 Å². The Balaban J connectivity index is 2.96. The van der Waals surface area contributed by atoms with Crippen LogP contribution in [0.15, 0.2) is 15.5 Å². The van der Waals surface area contributed by atoms with Crippen molar-refractivity contribution >= 4 is 21.6 Å². The molecule has 114 valence electrons. The van der Waals surface area contributed by atoms with Crippen LogP contribution in [0.25, 0.3) is 0 Å². The van der Waals surface area contributed by atoms with Gasteiger partial charge in [0, 0.05) is 6.61 Å². The molecule has 0 radical (unpaired) electrons. The van der Waals surface area contributed by atoms with Gasteiger partial charge in [-0.3, -0.25) is 4.79 Å². The first-order chi connectivity index (χ1) is 9.38. The lowest BCUT2D eigenvalue weighted by Gasteiger charge is -2.24. The van der Waals surface area contributed by atoms with E-state index in [1.165, 1.54) is 4.68 Å². The summed E-state index contributed by atoms with van der Waals surface area (Å²) in [6, 6.07) is 0.180. The number of nitrogens with one attached hydrogen (secondary N) is 1. The lowest BCUT2D eigenvalue weighted by Crippen LogP contribution is -2.33. The number of rotatable bonds is 7. The molecule has 0 fully saturated rings. The molecule has 0 amide bonds. The monoisotopic (exact) mass is 345 g/mol. The van der Waals surface area contributed by atoms with Gasteiger partial charge in [0.05, 0.1) is 30.6 Å². The molecule has 0 bridgehead atoms. The van der Waals surface area contributed by atoms with Crippen LogP contribution in [0.5, 0.6) is 0 Å². The van der Waals surface area contributed by atoms with Crippen LogP contribution < -0.4 is 10.9 Å². The molecule has 1 N–H and O–H groups in total. The second-order valence-electron chi connectivity index (χ2n) is 5.37. The molecule has 1 aromatic heterocycles. The maximum atomic E-state index is 12.2. The molecule has 20 heavy (non-hydrogen) atoms. The summed E-state index contributed by atoms with van der Waals surface area (Å²) in [7, 11) is 0. The van der Waals surface area contributed by atoms with E-state index in [1.807, 2.05) is 20.8 Å². The highest BCUT2D eigenvalue weighted by molar-refractivity contribution is 9.10. The van der Waals surface area contributed by atoms with Gasteiger partial charge in [0.2, 0.25) is 0 Å². The number of ether oxygens (including phenoxy) is 1. The van der Waals surface area contributed by atoms with Crippen molar-refractivity contribution in [3.05, 3.63) is 21.0 Å². The summed E-state index contributed by atoms with van der Waals surface area (Å²) in [5.74, 6) is 0.390. The Morgan fingerprint density at radius 3 is 2.55 bits per heavy atom. The predicted molar refractivity (Wildman–Crippen MR) is 85.3 cm³/mol. The number of hydrogen-bond acceptors (Lipinski definition) is 4. The first-order valence-corrected chi connectivity index (χ1v) is 7.79. The Morgan fingerprint density at radius 1 is 1.40 bits per heavy atom. The standard InChI is InChI=1S/C14H24BrN3O2/c1-6-20-8-12(9(2)3)17-11-7-16-18(10(4)5)14(19)13(11)15/h7,9-10,12,17H,6,8H2,1-5H3. The molecular formula is C14H24BrN3O2. The van der Waals surface area contributed by atoms with Gasteiger partial charge in [0.25, 0.3) is 5.56 Å². The Morgan fingerprint density at radius 2 is 2.05 bits per heavy atom. The van der Waals surface area contributed by atoms with Crippen LogP contribution in [0.2, 0.25) is 0 Å². The molecule has 1 unspecified atom stereocenters. The average molecular weight is 346 g/mol. The molecule has 0 aliphatic carbocycles. The minimum Gasteiger partial charge on any atom is -0.380 e. The SMILES string of the molecule is CCOCC(Nc1cnn(C(C)C)c(=O)c1Br)C(C)C. The minimum absolute atomic E-state index is 0.0390. The molecule has 0 saturated heterocycles. The first kappa shape index (κ1) is 17.2. The molecule has 0 spiro atoms. The van der Waals surface area contributed by atoms with Crippen molar-refractivity contribution in [1.29, 1.82) is 0 Å². The Labute approximate surface area is 128 Å². The molecule has 6 heteroatoms. The van der Waals surface area contributed by atoms with E-state index >= 15 is 0 Å². The molecule has 1 atom stereocenters. The molecule has 0 aliphatic heterocycles. The van der Waals surface area contributed by atoms with Gasteiger partial charge in [0.15, 0.2) is 0 Å². The normalized spacial score (nSPS) is 13.0. The number of aromatic nitrogens is 2. The average Bonchev–Trinajstić information content (AvgIpc) is 2.38. The van der Waals surface area contributed by atoms with Gasteiger partial charge in [0.1, 0.15) is 4.47 Å². The minimum atomic E-state index is -0.121. The highest BCUT2D eigenvalue weighted by Gasteiger charge is 2.17. The summed E-state index contributed by atoms with van der Waals surface area (Å²) >= 11 is 3.37. The molecule has 1 rings (SSSR count). The lowest BCUT2D eigenvalue weighted by atomic mass is 10.1. The smallest absolute Gasteiger partial charge is 0.283 e. The number of nitrogens with zero attached hydrogens (tertiary/aromatic N) is 2. The zero-order chi connectivity index (χ0) is 15.3. The molecule has 1 aromatic rings. The van der Waals surface area contributed by atoms with Crippen LogP contribution in [0.3, 0.4) is 0 Å². The third kappa shape index (κ3) is 4.31. The van der Waals surface area contributed by atoms with Crippen LogP contribution in [-0.2, 0) is 4.74 Å². The summed E-state index contributed by atoms with van der Waals surface area (Å²) in [5, 5.41) is 7.54. The summed E-state index contributed by atoms with van der Waals surface area (Å²) < 4.78 is 7.46. The summed E-state index contributed by atoms with van der Waals surface area (Å²) in [4.78, 5) is 12.2. The van der Waals surface area contributed by atoms with Crippen molar-refractivity contribution < 1.29 is 4.74 Å². The third-order valence-electron chi connectivity index (χ3n) is 3.08. The third-order valence-corrected chi connectivity index (χ3v) is 3.85. The van der Waals surface area contributed by atoms with E-state index in [9.17, 15) is 4.79 Å². The van der Waals surface area contributed by atoms with Crippen LogP contribution in [0.1, 0.15) is 40.7 Å². The summed E-state index contributed by atoms with van der Waals surface area (Å²) in [6.45, 7) is 11.4. The highest BCUT2D eigenvalue weighted by Crippen LogP contribution is 2.20. The van der Waals surface area contributed by atoms with E-state index in [4.69, 9.17) is 4.74 Å². The second-order valence-corrected chi connectivity index (χ2v) is 6.16. The number of halogens is 1. The topological polar surface area (TPSA) is 56.1 Å². The molecular weight excluding hydrogens is 322 g/mol. The highest BCUT2D eigenvalue weighted by atomic mass is 79.9. The fraction of sp³-hybridized carbons (Fsp3) is 0.714. The van der Waals surface area contributed by atoms with E-state index in [-0.39, 0.29) is 17.6 Å². The molecule has 0 aliphatic rings. The van der Waals surface area contributed by atoms with Gasteiger partial charge < -0.3 is 10.1 Å². The van der Waals surface area contributed by atoms with Crippen molar-refractivity contribution in [2.24, 2.45) is 5.92 Å². The van der Waals surface area contributed by atoms with E-state index in [0.717, 1.165) is 0 Å². The summed E-state index contributed by atoms with van der Waals surface area (Å²) in [6.07, 6.45) is 1.69. The quantitative estimate of drug-likeness (QED) is 0.824. The predicted octanol–water partition coefficient (Wildman–Crippen LogP) is 3.06. The van der Waals surface area contributed by atoms with Gasteiger partial charge >= 0.3 is 0 Å². The Bertz CT molecular complexity index is 486. The van der Waals surface area contributed by atoms with E-state index in [2.05, 4.69) is 40.2 Å². The molecule has 1 heterocycles. The maximum Gasteiger partial charge on any atom is 0.283 e. The van der Waals surface area contributed by atoms with Gasteiger partial charge in [-0.2, -0.15) is 5.10 Å².